The van der Waals surface area contributed by atoms with Crippen molar-refractivity contribution in [1.29, 1.82) is 0 Å². The molecule has 25 heavy (non-hydrogen) atoms. The average Bonchev–Trinajstić information content (AvgIpc) is 2.64. The number of hydrogen-bond acceptors (Lipinski definition) is 3. The molecule has 0 aliphatic carbocycles. The average molecular weight is 331 g/mol. The van der Waals surface area contributed by atoms with Crippen LogP contribution < -0.4 is 10.6 Å². The van der Waals surface area contributed by atoms with Gasteiger partial charge in [0.25, 0.3) is 5.91 Å². The Labute approximate surface area is 147 Å². The first-order valence-corrected chi connectivity index (χ1v) is 8.34. The van der Waals surface area contributed by atoms with Gasteiger partial charge in [-0.2, -0.15) is 0 Å². The molecule has 4 heteroatoms. The molecule has 4 nitrogen and oxygen atoms in total. The summed E-state index contributed by atoms with van der Waals surface area (Å²) in [6.45, 7) is 4.08. The number of rotatable bonds is 5. The largest absolute Gasteiger partial charge is 0.354 e. The molecule has 1 aromatic heterocycles. The third-order valence-electron chi connectivity index (χ3n) is 4.04. The third-order valence-corrected chi connectivity index (χ3v) is 4.04. The molecule has 0 saturated carbocycles. The molecule has 2 aromatic carbocycles. The van der Waals surface area contributed by atoms with Gasteiger partial charge in [-0.25, -0.2) is 0 Å². The molecular weight excluding hydrogens is 310 g/mol. The lowest BCUT2D eigenvalue weighted by Crippen LogP contribution is -2.14. The molecule has 2 N–H and O–H groups in total. The van der Waals surface area contributed by atoms with Crippen LogP contribution in [0.2, 0.25) is 0 Å². The molecule has 0 atom stereocenters. The van der Waals surface area contributed by atoms with Crippen molar-refractivity contribution in [2.75, 3.05) is 10.6 Å². The van der Waals surface area contributed by atoms with E-state index in [2.05, 4.69) is 22.5 Å². The normalized spacial score (nSPS) is 10.3. The highest BCUT2D eigenvalue weighted by Gasteiger charge is 2.11. The Kier molecular flexibility index (Phi) is 5.09. The summed E-state index contributed by atoms with van der Waals surface area (Å²) in [4.78, 5) is 16.8. The molecule has 3 aromatic rings. The number of para-hydroxylation sites is 2. The minimum atomic E-state index is -0.159. The predicted octanol–water partition coefficient (Wildman–Crippen LogP) is 4.95. The molecule has 0 aliphatic heterocycles. The first-order valence-electron chi connectivity index (χ1n) is 8.34. The monoisotopic (exact) mass is 331 g/mol. The molecule has 0 aliphatic rings. The van der Waals surface area contributed by atoms with Crippen LogP contribution in [0, 0.1) is 6.92 Å². The van der Waals surface area contributed by atoms with Gasteiger partial charge in [-0.15, -0.1) is 0 Å². The summed E-state index contributed by atoms with van der Waals surface area (Å²) in [6.07, 6.45) is 4.15. The number of carbonyl (C=O) groups is 1. The van der Waals surface area contributed by atoms with Crippen LogP contribution in [0.5, 0.6) is 0 Å². The number of aromatic nitrogens is 1. The summed E-state index contributed by atoms with van der Waals surface area (Å²) in [6, 6.07) is 17.7. The quantitative estimate of drug-likeness (QED) is 0.695. The number of hydrogen-bond donors (Lipinski definition) is 2. The van der Waals surface area contributed by atoms with Gasteiger partial charge in [0.2, 0.25) is 0 Å². The molecule has 126 valence electrons. The first-order chi connectivity index (χ1) is 12.2. The molecule has 0 radical (unpaired) electrons. The molecule has 0 unspecified atom stereocenters. The van der Waals surface area contributed by atoms with Crippen molar-refractivity contribution in [3.05, 3.63) is 83.7 Å². The Morgan fingerprint density at radius 2 is 1.80 bits per heavy atom. The lowest BCUT2D eigenvalue weighted by Gasteiger charge is -2.13. The number of nitrogens with one attached hydrogen (secondary N) is 2. The lowest BCUT2D eigenvalue weighted by atomic mass is 10.1. The van der Waals surface area contributed by atoms with Crippen LogP contribution in [0.4, 0.5) is 17.1 Å². The zero-order chi connectivity index (χ0) is 17.6. The lowest BCUT2D eigenvalue weighted by molar-refractivity contribution is 0.102. The fraction of sp³-hybridized carbons (Fsp3) is 0.143. The molecule has 1 amide bonds. The van der Waals surface area contributed by atoms with E-state index in [1.54, 1.807) is 18.5 Å². The van der Waals surface area contributed by atoms with Gasteiger partial charge in [-0.3, -0.25) is 9.78 Å². The maximum absolute atomic E-state index is 12.7. The summed E-state index contributed by atoms with van der Waals surface area (Å²) in [7, 11) is 0. The molecule has 1 heterocycles. The Hall–Kier alpha value is -3.14. The summed E-state index contributed by atoms with van der Waals surface area (Å²) in [5.74, 6) is -0.159. The molecule has 0 saturated heterocycles. The third kappa shape index (κ3) is 4.04. The Morgan fingerprint density at radius 3 is 2.56 bits per heavy atom. The van der Waals surface area contributed by atoms with E-state index >= 15 is 0 Å². The van der Waals surface area contributed by atoms with Crippen molar-refractivity contribution in [2.24, 2.45) is 0 Å². The summed E-state index contributed by atoms with van der Waals surface area (Å²) in [5, 5.41) is 6.28. The molecular formula is C21H21N3O. The Morgan fingerprint density at radius 1 is 1.00 bits per heavy atom. The molecule has 0 bridgehead atoms. The number of benzene rings is 2. The second kappa shape index (κ2) is 7.62. The van der Waals surface area contributed by atoms with Gasteiger partial charge in [0.15, 0.2) is 0 Å². The molecule has 3 rings (SSSR count). The second-order valence-corrected chi connectivity index (χ2v) is 5.87. The number of aryl methyl sites for hydroxylation is 2. The van der Waals surface area contributed by atoms with Gasteiger partial charge in [-0.05, 0) is 42.7 Å². The van der Waals surface area contributed by atoms with Crippen LogP contribution in [0.1, 0.15) is 28.4 Å². The van der Waals surface area contributed by atoms with Crippen LogP contribution in [0.15, 0.2) is 67.0 Å². The molecule has 0 spiro atoms. The van der Waals surface area contributed by atoms with Gasteiger partial charge >= 0.3 is 0 Å². The zero-order valence-electron chi connectivity index (χ0n) is 14.4. The summed E-state index contributed by atoms with van der Waals surface area (Å²) in [5.41, 5.74) is 5.31. The van der Waals surface area contributed by atoms with Gasteiger partial charge in [0, 0.05) is 17.6 Å². The Bertz CT molecular complexity index is 875. The maximum Gasteiger partial charge on any atom is 0.257 e. The predicted molar refractivity (Wildman–Crippen MR) is 102 cm³/mol. The highest BCUT2D eigenvalue weighted by Crippen LogP contribution is 2.22. The van der Waals surface area contributed by atoms with Crippen LogP contribution >= 0.6 is 0 Å². The van der Waals surface area contributed by atoms with Crippen LogP contribution in [0.25, 0.3) is 0 Å². The fourth-order valence-corrected chi connectivity index (χ4v) is 2.71. The van der Waals surface area contributed by atoms with E-state index in [0.717, 1.165) is 34.6 Å². The standard InChI is InChI=1S/C21H21N3O/c1-3-16-9-7-8-15(2)20(16)24-21(25)17-12-19(14-22-13-17)23-18-10-5-4-6-11-18/h4-14,23H,3H2,1-2H3,(H,24,25). The fourth-order valence-electron chi connectivity index (χ4n) is 2.71. The smallest absolute Gasteiger partial charge is 0.257 e. The van der Waals surface area contributed by atoms with Crippen molar-refractivity contribution in [2.45, 2.75) is 20.3 Å². The van der Waals surface area contributed by atoms with Crippen molar-refractivity contribution < 1.29 is 4.79 Å². The number of anilines is 3. The van der Waals surface area contributed by atoms with Crippen LogP contribution in [-0.4, -0.2) is 10.9 Å². The first kappa shape index (κ1) is 16.7. The minimum Gasteiger partial charge on any atom is -0.354 e. The van der Waals surface area contributed by atoms with E-state index in [1.807, 2.05) is 55.5 Å². The number of pyridine rings is 1. The van der Waals surface area contributed by atoms with Crippen LogP contribution in [-0.2, 0) is 6.42 Å². The van der Waals surface area contributed by atoms with Crippen molar-refractivity contribution in [3.63, 3.8) is 0 Å². The van der Waals surface area contributed by atoms with E-state index in [4.69, 9.17) is 0 Å². The van der Waals surface area contributed by atoms with Crippen molar-refractivity contribution in [3.8, 4) is 0 Å². The minimum absolute atomic E-state index is 0.159. The van der Waals surface area contributed by atoms with E-state index in [1.165, 1.54) is 0 Å². The molecule has 0 fully saturated rings. The number of amides is 1. The van der Waals surface area contributed by atoms with Crippen molar-refractivity contribution in [1.82, 2.24) is 4.98 Å². The highest BCUT2D eigenvalue weighted by molar-refractivity contribution is 6.05. The van der Waals surface area contributed by atoms with E-state index in [0.29, 0.717) is 5.56 Å². The SMILES string of the molecule is CCc1cccc(C)c1NC(=O)c1cncc(Nc2ccccc2)c1. The van der Waals surface area contributed by atoms with E-state index in [-0.39, 0.29) is 5.91 Å². The van der Waals surface area contributed by atoms with Gasteiger partial charge in [-0.1, -0.05) is 43.3 Å². The Balaban J connectivity index is 1.80. The number of carbonyl (C=O) groups excluding carboxylic acids is 1. The maximum atomic E-state index is 12.7. The second-order valence-electron chi connectivity index (χ2n) is 5.87. The summed E-state index contributed by atoms with van der Waals surface area (Å²) < 4.78 is 0. The summed E-state index contributed by atoms with van der Waals surface area (Å²) >= 11 is 0. The van der Waals surface area contributed by atoms with Crippen LogP contribution in [0.3, 0.4) is 0 Å². The van der Waals surface area contributed by atoms with Crippen molar-refractivity contribution >= 4 is 23.0 Å². The highest BCUT2D eigenvalue weighted by atomic mass is 16.1. The zero-order valence-corrected chi connectivity index (χ0v) is 14.4. The van der Waals surface area contributed by atoms with E-state index < -0.39 is 0 Å². The van der Waals surface area contributed by atoms with Gasteiger partial charge < -0.3 is 10.6 Å². The topological polar surface area (TPSA) is 54.0 Å². The van der Waals surface area contributed by atoms with Gasteiger partial charge in [0.1, 0.15) is 0 Å². The van der Waals surface area contributed by atoms with E-state index in [9.17, 15) is 4.79 Å². The number of nitrogens with zero attached hydrogens (tertiary/aromatic N) is 1. The van der Waals surface area contributed by atoms with Gasteiger partial charge in [0.05, 0.1) is 17.4 Å².